The van der Waals surface area contributed by atoms with Crippen molar-refractivity contribution in [2.45, 2.75) is 53.4 Å². The van der Waals surface area contributed by atoms with Crippen LogP contribution in [0.1, 0.15) is 53.4 Å². The maximum Gasteiger partial charge on any atom is 0.0668 e. The van der Waals surface area contributed by atoms with Crippen LogP contribution in [-0.2, 0) is 0 Å². The van der Waals surface area contributed by atoms with Crippen molar-refractivity contribution in [3.63, 3.8) is 0 Å². The summed E-state index contributed by atoms with van der Waals surface area (Å²) in [5.41, 5.74) is 1.70. The molecule has 1 heteroatoms. The molecule has 2 aliphatic rings. The summed E-state index contributed by atoms with van der Waals surface area (Å²) in [6, 6.07) is 2.67. The highest BCUT2D eigenvalue weighted by atomic mass is 14.5. The van der Waals surface area contributed by atoms with Gasteiger partial charge in [0.25, 0.3) is 0 Å². The molecule has 0 aromatic rings. The summed E-state index contributed by atoms with van der Waals surface area (Å²) in [7, 11) is 0. The first-order valence-electron chi connectivity index (χ1n) is 7.09. The van der Waals surface area contributed by atoms with Gasteiger partial charge < -0.3 is 0 Å². The van der Waals surface area contributed by atoms with Gasteiger partial charge in [-0.05, 0) is 50.4 Å². The van der Waals surface area contributed by atoms with Gasteiger partial charge in [0.05, 0.1) is 12.0 Å². The number of allylic oxidation sites excluding steroid dienone is 2. The number of hydrogen-bond acceptors (Lipinski definition) is 1. The van der Waals surface area contributed by atoms with Crippen molar-refractivity contribution >= 4 is 0 Å². The van der Waals surface area contributed by atoms with E-state index in [2.05, 4.69) is 39.8 Å². The summed E-state index contributed by atoms with van der Waals surface area (Å²) in [5.74, 6) is 2.15. The molecule has 4 atom stereocenters. The van der Waals surface area contributed by atoms with Crippen molar-refractivity contribution in [1.29, 1.82) is 5.26 Å². The molecule has 0 aliphatic heterocycles. The first-order valence-corrected chi connectivity index (χ1v) is 7.09. The van der Waals surface area contributed by atoms with E-state index in [-0.39, 0.29) is 11.3 Å². The van der Waals surface area contributed by atoms with E-state index < -0.39 is 0 Å². The van der Waals surface area contributed by atoms with Crippen LogP contribution in [0.15, 0.2) is 11.6 Å². The largest absolute Gasteiger partial charge is 0.198 e. The molecule has 0 aromatic carbocycles. The first-order chi connectivity index (χ1) is 8.01. The van der Waals surface area contributed by atoms with Gasteiger partial charge in [0.1, 0.15) is 0 Å². The highest BCUT2D eigenvalue weighted by molar-refractivity contribution is 5.23. The van der Waals surface area contributed by atoms with E-state index in [1.165, 1.54) is 31.3 Å². The van der Waals surface area contributed by atoms with Crippen molar-refractivity contribution in [3.05, 3.63) is 11.6 Å². The second-order valence-electron chi connectivity index (χ2n) is 6.60. The molecule has 94 valence electrons. The molecule has 1 nitrogen and oxygen atoms in total. The van der Waals surface area contributed by atoms with E-state index in [0.29, 0.717) is 17.8 Å². The van der Waals surface area contributed by atoms with Gasteiger partial charge in [-0.25, -0.2) is 0 Å². The fraction of sp³-hybridized carbons (Fsp3) is 0.812. The third-order valence-electron chi connectivity index (χ3n) is 5.32. The number of rotatable bonds is 1. The predicted octanol–water partition coefficient (Wildman–Crippen LogP) is 4.55. The smallest absolute Gasteiger partial charge is 0.0668 e. The van der Waals surface area contributed by atoms with E-state index in [1.54, 1.807) is 0 Å². The molecule has 0 N–H and O–H groups in total. The predicted molar refractivity (Wildman–Crippen MR) is 71.3 cm³/mol. The summed E-state index contributed by atoms with van der Waals surface area (Å²) in [6.07, 6.45) is 7.41. The Bertz CT molecular complexity index is 360. The van der Waals surface area contributed by atoms with Crippen LogP contribution < -0.4 is 0 Å². The van der Waals surface area contributed by atoms with Crippen LogP contribution in [0.2, 0.25) is 0 Å². The number of nitriles is 1. The van der Waals surface area contributed by atoms with E-state index in [4.69, 9.17) is 0 Å². The van der Waals surface area contributed by atoms with E-state index >= 15 is 0 Å². The van der Waals surface area contributed by atoms with Crippen molar-refractivity contribution in [3.8, 4) is 6.07 Å². The summed E-state index contributed by atoms with van der Waals surface area (Å²) < 4.78 is 0. The third kappa shape index (κ3) is 1.92. The zero-order valence-electron chi connectivity index (χ0n) is 11.7. The van der Waals surface area contributed by atoms with Gasteiger partial charge in [-0.2, -0.15) is 5.26 Å². The monoisotopic (exact) mass is 231 g/mol. The van der Waals surface area contributed by atoms with E-state index in [1.807, 2.05) is 0 Å². The molecule has 1 fully saturated rings. The molecule has 1 saturated carbocycles. The molecule has 1 spiro atoms. The van der Waals surface area contributed by atoms with E-state index in [0.717, 1.165) is 0 Å². The molecular formula is C16H25N. The third-order valence-corrected chi connectivity index (χ3v) is 5.32. The van der Waals surface area contributed by atoms with Crippen LogP contribution in [0, 0.1) is 40.4 Å². The fourth-order valence-electron chi connectivity index (χ4n) is 4.17. The lowest BCUT2D eigenvalue weighted by molar-refractivity contribution is 0.0442. The lowest BCUT2D eigenvalue weighted by Crippen LogP contribution is -2.43. The molecule has 0 amide bonds. The average molecular weight is 231 g/mol. The Kier molecular flexibility index (Phi) is 3.34. The molecule has 0 unspecified atom stereocenters. The van der Waals surface area contributed by atoms with Gasteiger partial charge in [0.2, 0.25) is 0 Å². The fourth-order valence-corrected chi connectivity index (χ4v) is 4.17. The van der Waals surface area contributed by atoms with Crippen LogP contribution in [0.5, 0.6) is 0 Å². The van der Waals surface area contributed by atoms with Gasteiger partial charge in [0, 0.05) is 5.41 Å². The van der Waals surface area contributed by atoms with Crippen LogP contribution in [0.25, 0.3) is 0 Å². The Morgan fingerprint density at radius 2 is 2.12 bits per heavy atom. The first kappa shape index (κ1) is 12.7. The minimum atomic E-state index is 0.200. The minimum absolute atomic E-state index is 0.200. The van der Waals surface area contributed by atoms with Gasteiger partial charge in [0.15, 0.2) is 0 Å². The second kappa shape index (κ2) is 4.48. The van der Waals surface area contributed by atoms with Crippen LogP contribution in [-0.4, -0.2) is 0 Å². The summed E-state index contributed by atoms with van der Waals surface area (Å²) in [4.78, 5) is 0. The Morgan fingerprint density at radius 3 is 2.59 bits per heavy atom. The molecule has 0 saturated heterocycles. The van der Waals surface area contributed by atoms with Crippen LogP contribution in [0.3, 0.4) is 0 Å². The molecule has 2 aliphatic carbocycles. The average Bonchev–Trinajstić information content (AvgIpc) is 2.65. The van der Waals surface area contributed by atoms with Crippen LogP contribution in [0.4, 0.5) is 0 Å². The molecule has 0 heterocycles. The molecule has 2 rings (SSSR count). The highest BCUT2D eigenvalue weighted by Gasteiger charge is 2.50. The van der Waals surface area contributed by atoms with Crippen molar-refractivity contribution in [2.75, 3.05) is 0 Å². The van der Waals surface area contributed by atoms with Gasteiger partial charge in [-0.1, -0.05) is 32.4 Å². The SMILES string of the molecule is CC1=C[C@]2(CC1)[C@H](C)CC[C@@H](C(C)C)[C@H]2C#N. The summed E-state index contributed by atoms with van der Waals surface area (Å²) >= 11 is 0. The molecule has 0 bridgehead atoms. The minimum Gasteiger partial charge on any atom is -0.198 e. The van der Waals surface area contributed by atoms with Gasteiger partial charge in [-0.15, -0.1) is 0 Å². The number of nitrogens with zero attached hydrogens (tertiary/aromatic N) is 1. The molecule has 0 radical (unpaired) electrons. The molecular weight excluding hydrogens is 206 g/mol. The normalized spacial score (nSPS) is 41.6. The summed E-state index contributed by atoms with van der Waals surface area (Å²) in [6.45, 7) is 9.15. The maximum absolute atomic E-state index is 9.66. The number of hydrogen-bond donors (Lipinski definition) is 0. The Morgan fingerprint density at radius 1 is 1.41 bits per heavy atom. The maximum atomic E-state index is 9.66. The standard InChI is InChI=1S/C16H25N/c1-11(2)14-6-5-13(4)16(15(14)10-17)8-7-12(3)9-16/h9,11,13-15H,5-8H2,1-4H3/t13-,14+,15-,16-/m1/s1. The topological polar surface area (TPSA) is 23.8 Å². The molecule has 0 aromatic heterocycles. The lowest BCUT2D eigenvalue weighted by atomic mass is 9.55. The van der Waals surface area contributed by atoms with Crippen molar-refractivity contribution in [1.82, 2.24) is 0 Å². The quantitative estimate of drug-likeness (QED) is 0.607. The van der Waals surface area contributed by atoms with Crippen molar-refractivity contribution in [2.24, 2.45) is 29.1 Å². The Hall–Kier alpha value is -0.770. The summed E-state index contributed by atoms with van der Waals surface area (Å²) in [5, 5.41) is 9.66. The highest BCUT2D eigenvalue weighted by Crippen LogP contribution is 2.56. The second-order valence-corrected chi connectivity index (χ2v) is 6.60. The van der Waals surface area contributed by atoms with Gasteiger partial charge >= 0.3 is 0 Å². The Labute approximate surface area is 106 Å². The van der Waals surface area contributed by atoms with Crippen LogP contribution >= 0.6 is 0 Å². The zero-order chi connectivity index (χ0) is 12.6. The van der Waals surface area contributed by atoms with Crippen molar-refractivity contribution < 1.29 is 0 Å². The van der Waals surface area contributed by atoms with E-state index in [9.17, 15) is 5.26 Å². The molecule has 17 heavy (non-hydrogen) atoms. The Balaban J connectivity index is 2.37. The lowest BCUT2D eigenvalue weighted by Gasteiger charge is -2.47. The zero-order valence-corrected chi connectivity index (χ0v) is 11.7. The van der Waals surface area contributed by atoms with Gasteiger partial charge in [-0.3, -0.25) is 0 Å².